The first-order chi connectivity index (χ1) is 50.8. The van der Waals surface area contributed by atoms with Gasteiger partial charge in [0.1, 0.15) is 40.2 Å². The maximum absolute atomic E-state index is 11.4. The normalized spacial score (nSPS) is 16.5. The lowest BCUT2D eigenvalue weighted by Crippen LogP contribution is -2.55. The van der Waals surface area contributed by atoms with Gasteiger partial charge < -0.3 is 104 Å². The number of allylic oxidation sites excluding steroid dienone is 4. The molecule has 0 unspecified atom stereocenters. The molecule has 546 valence electrons. The lowest BCUT2D eigenvalue weighted by Gasteiger charge is -2.32. The molecule has 3 aliphatic rings. The second-order valence-electron chi connectivity index (χ2n) is 23.6. The van der Waals surface area contributed by atoms with Crippen LogP contribution in [-0.4, -0.2) is 73.2 Å². The summed E-state index contributed by atoms with van der Waals surface area (Å²) in [7, 11) is -11.9. The van der Waals surface area contributed by atoms with Crippen LogP contribution >= 0.6 is 0 Å². The van der Waals surface area contributed by atoms with Gasteiger partial charge in [0.2, 0.25) is 0 Å². The highest BCUT2D eigenvalue weighted by molar-refractivity contribution is 7.94. The van der Waals surface area contributed by atoms with Crippen LogP contribution in [0.5, 0.6) is 0 Å². The molecular weight excluding hydrogens is 1450 g/mol. The highest BCUT2D eigenvalue weighted by atomic mass is 32.2. The first kappa shape index (κ1) is 81.8. The largest absolute Gasteiger partial charge is 0.550 e. The van der Waals surface area contributed by atoms with Crippen LogP contribution in [0.2, 0.25) is 0 Å². The molecule has 2 aliphatic heterocycles. The van der Waals surface area contributed by atoms with Crippen molar-refractivity contribution in [2.24, 2.45) is 39.1 Å². The zero-order chi connectivity index (χ0) is 79.4. The fourth-order valence-electron chi connectivity index (χ4n) is 10.6. The number of aliphatic carboxylic acids is 6. The van der Waals surface area contributed by atoms with E-state index in [4.69, 9.17) is 20.2 Å². The summed E-state index contributed by atoms with van der Waals surface area (Å²) in [5.74, 6) is 25.4. The van der Waals surface area contributed by atoms with Crippen molar-refractivity contribution < 1.29 is 124 Å². The number of carboxylic acid groups (broad SMARTS) is 6. The van der Waals surface area contributed by atoms with Crippen molar-refractivity contribution in [2.45, 2.75) is 37.8 Å². The number of quaternary nitrogens is 6. The maximum atomic E-state index is 11.4. The van der Waals surface area contributed by atoms with Crippen LogP contribution in [0.15, 0.2) is 144 Å². The average Bonchev–Trinajstić information content (AvgIpc) is 0.822. The zero-order valence-electron chi connectivity index (χ0n) is 56.4. The highest BCUT2D eigenvalue weighted by Gasteiger charge is 2.31. The summed E-state index contributed by atoms with van der Waals surface area (Å²) in [6.45, 7) is 0. The minimum atomic E-state index is -3.96. The summed E-state index contributed by atoms with van der Waals surface area (Å²) < 4.78 is 70.5. The van der Waals surface area contributed by atoms with Crippen molar-refractivity contribution in [2.75, 3.05) is 0 Å². The highest BCUT2D eigenvalue weighted by Crippen LogP contribution is 2.33. The summed E-state index contributed by atoms with van der Waals surface area (Å²) in [5.41, 5.74) is 36.3. The average molecular weight is 1510 g/mol. The molecule has 29 nitrogen and oxygen atoms in total. The third-order valence-corrected chi connectivity index (χ3v) is 16.5. The summed E-state index contributed by atoms with van der Waals surface area (Å²) in [4.78, 5) is 67.7. The third kappa shape index (κ3) is 25.1. The van der Waals surface area contributed by atoms with Crippen molar-refractivity contribution >= 4 is 100 Å². The Kier molecular flexibility index (Phi) is 27.5. The molecule has 32 heteroatoms. The molecule has 6 aromatic rings. The van der Waals surface area contributed by atoms with E-state index < -0.39 is 102 Å². The molecule has 0 spiro atoms. The second kappa shape index (κ2) is 36.3. The van der Waals surface area contributed by atoms with E-state index in [0.29, 0.717) is 95.3 Å². The Morgan fingerprint density at radius 1 is 0.380 bits per heavy atom. The quantitative estimate of drug-likeness (QED) is 0.0601. The standard InChI is InChI=1S/C26H21N3O6S.C25H20N4O6S.C25H19N3O7S/c27-20-7-9-22(19-11-17(12-21(28)15-19)3-1-2-10-36(29,34)35)18(14-20)6-4-16-5-8-23(25(30)31)24(13-16)26(32)33;26-19-6-7-21(18-9-15(10-20(27)13-18)3-1-2-8-36(28,34)35)17(12-19)5-4-16-11-22(24(30)31)23(25(32)33)29-14-16;26-19-6-7-21(18-9-15(10-20(27)13-18)3-1-2-8-36(28,33)34)17(12-19)5-4-16-11-22(24(29)30)23(25(31)32)35-14-16/h5,7,9,11-12,14-15,23-24H,8,13,27-28H2,(H,30,31)(H,32,33)(H2,29,34,35);6-7,9-10,12-14,22-23,29H,11,26-27H2,(H,30,31)(H,32,33)(H2,28,34,35);6-7,9-10,12-14,22-23H,11,26-27H2,(H,29,30)(H,31,32)(H2,28,33,34)/t23-,24+;2*22-,23+/m011/s1. The maximum Gasteiger partial charge on any atom is 0.278 e. The van der Waals surface area contributed by atoms with Gasteiger partial charge in [-0.25, -0.2) is 15.4 Å². The van der Waals surface area contributed by atoms with Crippen LogP contribution in [0.4, 0.5) is 34.1 Å². The number of nitrogens with one attached hydrogen (secondary N) is 1. The molecule has 1 aliphatic carbocycles. The second-order valence-corrected chi connectivity index (χ2v) is 27.5. The Labute approximate surface area is 618 Å². The van der Waals surface area contributed by atoms with Gasteiger partial charge in [-0.2, -0.15) is 25.3 Å². The number of carbonyl (C=O) groups excluding carboxylic acids is 6. The van der Waals surface area contributed by atoms with Crippen molar-refractivity contribution in [3.8, 4) is 138 Å². The SMILES string of the molecule is NS(=O)(=O)C#CC#Cc1cc([NH3+])cc(-c2ccc([NH3+])cc2C#CC2=CC[C@H](C(=O)[O-])[C@H](C(=O)[O-])C2)c1.NS(=O)(=O)C#CC#Cc1cc([NH3+])cc(-c2ccc([NH3+])cc2C#CC2=CN[C@H](C(=O)[O-])[C@H](C(=O)[O-])C2)c1.NS(=O)(=O)C#CC#Cc1cc([NH3+])cc(-c2ccc([NH3+])cc2C#CC2=CO[C@H](C(=O)[O-])[C@H](C(=O)[O-])C2)c1. The number of hydrogen-bond acceptors (Lipinski definition) is 20. The van der Waals surface area contributed by atoms with E-state index in [1.165, 1.54) is 6.20 Å². The van der Waals surface area contributed by atoms with Crippen molar-refractivity contribution in [1.82, 2.24) is 5.32 Å². The molecule has 9 rings (SSSR count). The molecular formula is C76H60N10O19S3. The van der Waals surface area contributed by atoms with E-state index in [1.54, 1.807) is 91.0 Å². The number of carboxylic acids is 6. The van der Waals surface area contributed by atoms with Crippen molar-refractivity contribution in [3.63, 3.8) is 0 Å². The van der Waals surface area contributed by atoms with Crippen LogP contribution in [-0.2, 0) is 63.6 Å². The van der Waals surface area contributed by atoms with E-state index in [2.05, 4.69) is 129 Å². The van der Waals surface area contributed by atoms with Crippen LogP contribution < -0.4 is 85.8 Å². The molecule has 108 heavy (non-hydrogen) atoms. The predicted octanol–water partition coefficient (Wildman–Crippen LogP) is -9.24. The summed E-state index contributed by atoms with van der Waals surface area (Å²) in [6, 6.07) is 30.4. The molecule has 0 bridgehead atoms. The van der Waals surface area contributed by atoms with E-state index >= 15 is 0 Å². The number of primary sulfonamides is 3. The molecule has 0 fully saturated rings. The van der Waals surface area contributed by atoms with Crippen molar-refractivity contribution in [3.05, 3.63) is 178 Å². The van der Waals surface area contributed by atoms with E-state index in [0.717, 1.165) is 23.0 Å². The van der Waals surface area contributed by atoms with Crippen LogP contribution in [0.1, 0.15) is 59.1 Å². The molecule has 2 heterocycles. The summed E-state index contributed by atoms with van der Waals surface area (Å²) in [6.07, 6.45) is 2.01. The number of nitrogens with two attached hydrogens (primary N) is 3. The fourth-order valence-corrected chi connectivity index (χ4v) is 11.1. The number of rotatable bonds is 9. The minimum Gasteiger partial charge on any atom is -0.550 e. The number of carbonyl (C=O) groups is 6. The summed E-state index contributed by atoms with van der Waals surface area (Å²) in [5, 5.41) is 90.2. The Morgan fingerprint density at radius 3 is 1.08 bits per heavy atom. The first-order valence-corrected chi connectivity index (χ1v) is 35.7. The predicted molar refractivity (Wildman–Crippen MR) is 373 cm³/mol. The monoisotopic (exact) mass is 1510 g/mol. The van der Waals surface area contributed by atoms with Gasteiger partial charge >= 0.3 is 0 Å². The molecule has 0 amide bonds. The van der Waals surface area contributed by atoms with Gasteiger partial charge in [-0.1, -0.05) is 59.4 Å². The van der Waals surface area contributed by atoms with Crippen molar-refractivity contribution in [1.29, 1.82) is 0 Å². The third-order valence-electron chi connectivity index (χ3n) is 15.3. The van der Waals surface area contributed by atoms with Gasteiger partial charge in [-0.05, 0) is 137 Å². The number of hydrogen-bond donors (Lipinski definition) is 10. The van der Waals surface area contributed by atoms with Crippen LogP contribution in [0.3, 0.4) is 0 Å². The molecule has 0 saturated carbocycles. The Balaban J connectivity index is 0.000000226. The van der Waals surface area contributed by atoms with E-state index in [9.17, 15) is 84.7 Å². The van der Waals surface area contributed by atoms with E-state index in [-0.39, 0.29) is 31.3 Å². The molecule has 6 aromatic carbocycles. The number of ether oxygens (including phenoxy) is 1. The van der Waals surface area contributed by atoms with Gasteiger partial charge in [0.25, 0.3) is 30.1 Å². The van der Waals surface area contributed by atoms with E-state index in [1.807, 2.05) is 40.0 Å². The summed E-state index contributed by atoms with van der Waals surface area (Å²) >= 11 is 0. The Hall–Kier alpha value is -13.5. The molecule has 0 saturated heterocycles. The molecule has 0 aromatic heterocycles. The zero-order valence-corrected chi connectivity index (χ0v) is 58.8. The van der Waals surface area contributed by atoms with Gasteiger partial charge in [0.15, 0.2) is 0 Å². The van der Waals surface area contributed by atoms with Gasteiger partial charge in [0.05, 0.1) is 40.0 Å². The van der Waals surface area contributed by atoms with Crippen LogP contribution in [0, 0.1) is 128 Å². The Morgan fingerprint density at radius 2 is 0.731 bits per heavy atom. The number of benzene rings is 6. The number of sulfonamides is 3. The lowest BCUT2D eigenvalue weighted by molar-refractivity contribution is -0.330. The first-order valence-electron chi connectivity index (χ1n) is 31.0. The topological polar surface area (TPSA) is 608 Å². The van der Waals surface area contributed by atoms with Gasteiger partial charge in [-0.3, -0.25) is 0 Å². The smallest absolute Gasteiger partial charge is 0.278 e. The van der Waals surface area contributed by atoms with Gasteiger partial charge in [-0.15, -0.1) is 0 Å². The molecule has 6 atom stereocenters. The molecule has 25 N–H and O–H groups in total. The van der Waals surface area contributed by atoms with Gasteiger partial charge in [0, 0.05) is 171 Å². The lowest BCUT2D eigenvalue weighted by atomic mass is 9.79. The Bertz CT molecular complexity index is 5300. The molecule has 0 radical (unpaired) electrons. The fraction of sp³-hybridized carbons (Fsp3) is 0.132. The van der Waals surface area contributed by atoms with Crippen LogP contribution in [0.25, 0.3) is 33.4 Å². The minimum absolute atomic E-state index is 0.00679.